The van der Waals surface area contributed by atoms with Crippen molar-refractivity contribution in [1.82, 2.24) is 9.88 Å². The Labute approximate surface area is 196 Å². The summed E-state index contributed by atoms with van der Waals surface area (Å²) in [7, 11) is 5.50. The van der Waals surface area contributed by atoms with Gasteiger partial charge in [0, 0.05) is 54.0 Å². The molecule has 0 spiro atoms. The number of anilines is 1. The number of ether oxygens (including phenoxy) is 2. The molecule has 2 aromatic carbocycles. The predicted molar refractivity (Wildman–Crippen MR) is 127 cm³/mol. The molecule has 2 heterocycles. The highest BCUT2D eigenvalue weighted by Gasteiger charge is 2.34. The summed E-state index contributed by atoms with van der Waals surface area (Å²) >= 11 is 6.12. The number of aromatic nitrogens is 1. The van der Waals surface area contributed by atoms with E-state index in [1.165, 1.54) is 12.1 Å². The van der Waals surface area contributed by atoms with Crippen molar-refractivity contribution in [3.8, 4) is 11.5 Å². The van der Waals surface area contributed by atoms with Crippen LogP contribution in [-0.4, -0.2) is 67.5 Å². The molecule has 0 saturated heterocycles. The van der Waals surface area contributed by atoms with Crippen molar-refractivity contribution in [2.24, 2.45) is 0 Å². The van der Waals surface area contributed by atoms with Crippen LogP contribution in [0, 0.1) is 10.1 Å². The second-order valence-electron chi connectivity index (χ2n) is 8.19. The van der Waals surface area contributed by atoms with Gasteiger partial charge in [-0.2, -0.15) is 0 Å². The average molecular weight is 473 g/mol. The minimum absolute atomic E-state index is 0.0670. The van der Waals surface area contributed by atoms with E-state index in [2.05, 4.69) is 4.98 Å². The van der Waals surface area contributed by atoms with Crippen molar-refractivity contribution in [3.05, 3.63) is 57.8 Å². The third-order valence-electron chi connectivity index (χ3n) is 5.72. The molecule has 1 aromatic heterocycles. The number of fused-ring (bicyclic) bond motifs is 2. The van der Waals surface area contributed by atoms with Crippen LogP contribution in [0.4, 0.5) is 11.4 Å². The van der Waals surface area contributed by atoms with E-state index < -0.39 is 4.92 Å². The molecule has 1 N–H and O–H groups in total. The summed E-state index contributed by atoms with van der Waals surface area (Å²) in [6.07, 6.45) is 0. The van der Waals surface area contributed by atoms with Crippen LogP contribution in [0.15, 0.2) is 36.4 Å². The molecular weight excluding hydrogens is 448 g/mol. The van der Waals surface area contributed by atoms with Gasteiger partial charge in [0.05, 0.1) is 17.7 Å². The van der Waals surface area contributed by atoms with Crippen LogP contribution in [0.1, 0.15) is 22.0 Å². The number of alkyl halides is 1. The molecule has 1 aliphatic rings. The number of benzene rings is 2. The SMILES string of the molecule is COc1cc2cc(C(=O)N3CC(CCl)c4ccc([N+](=O)[O-])cc43)[nH]c2cc1OCCN(C)C. The van der Waals surface area contributed by atoms with E-state index in [9.17, 15) is 14.9 Å². The molecule has 33 heavy (non-hydrogen) atoms. The average Bonchev–Trinajstić information content (AvgIpc) is 3.38. The van der Waals surface area contributed by atoms with Gasteiger partial charge in [-0.1, -0.05) is 0 Å². The summed E-state index contributed by atoms with van der Waals surface area (Å²) < 4.78 is 11.3. The van der Waals surface area contributed by atoms with Gasteiger partial charge < -0.3 is 24.3 Å². The first-order valence-corrected chi connectivity index (χ1v) is 11.0. The second-order valence-corrected chi connectivity index (χ2v) is 8.50. The molecule has 3 aromatic rings. The number of hydrogen-bond acceptors (Lipinski definition) is 6. The van der Waals surface area contributed by atoms with Crippen molar-refractivity contribution >= 4 is 39.8 Å². The van der Waals surface area contributed by atoms with Gasteiger partial charge in [-0.3, -0.25) is 14.9 Å². The van der Waals surface area contributed by atoms with E-state index in [-0.39, 0.29) is 17.5 Å². The van der Waals surface area contributed by atoms with Crippen LogP contribution >= 0.6 is 11.6 Å². The third-order valence-corrected chi connectivity index (χ3v) is 6.09. The number of nitrogens with one attached hydrogen (secondary N) is 1. The van der Waals surface area contributed by atoms with E-state index in [0.717, 1.165) is 23.0 Å². The Bertz CT molecular complexity index is 1210. The molecule has 1 amide bonds. The maximum absolute atomic E-state index is 13.4. The van der Waals surface area contributed by atoms with Crippen LogP contribution in [0.3, 0.4) is 0 Å². The number of aromatic amines is 1. The van der Waals surface area contributed by atoms with Gasteiger partial charge in [0.25, 0.3) is 11.6 Å². The van der Waals surface area contributed by atoms with Gasteiger partial charge >= 0.3 is 0 Å². The van der Waals surface area contributed by atoms with Crippen LogP contribution < -0.4 is 14.4 Å². The maximum Gasteiger partial charge on any atom is 0.274 e. The first-order chi connectivity index (χ1) is 15.8. The Morgan fingerprint density at radius 1 is 1.27 bits per heavy atom. The molecule has 10 heteroatoms. The Hall–Kier alpha value is -3.30. The quantitative estimate of drug-likeness (QED) is 0.302. The number of carbonyl (C=O) groups excluding carboxylic acids is 1. The fourth-order valence-corrected chi connectivity index (χ4v) is 4.24. The molecule has 174 valence electrons. The molecule has 4 rings (SSSR count). The van der Waals surface area contributed by atoms with Gasteiger partial charge in [0.15, 0.2) is 11.5 Å². The predicted octanol–water partition coefficient (Wildman–Crippen LogP) is 4.01. The lowest BCUT2D eigenvalue weighted by Gasteiger charge is -2.16. The number of rotatable bonds is 8. The van der Waals surface area contributed by atoms with E-state index >= 15 is 0 Å². The van der Waals surface area contributed by atoms with E-state index in [1.807, 2.05) is 31.1 Å². The fraction of sp³-hybridized carbons (Fsp3) is 0.348. The highest BCUT2D eigenvalue weighted by molar-refractivity contribution is 6.19. The van der Waals surface area contributed by atoms with Crippen molar-refractivity contribution in [3.63, 3.8) is 0 Å². The Morgan fingerprint density at radius 3 is 2.73 bits per heavy atom. The molecule has 0 aliphatic carbocycles. The smallest absolute Gasteiger partial charge is 0.274 e. The number of likely N-dealkylation sites (N-methyl/N-ethyl adjacent to an activating group) is 1. The minimum atomic E-state index is -0.468. The van der Waals surface area contributed by atoms with Crippen molar-refractivity contribution in [2.75, 3.05) is 51.7 Å². The third kappa shape index (κ3) is 4.46. The first kappa shape index (κ1) is 22.9. The number of nitro groups is 1. The summed E-state index contributed by atoms with van der Waals surface area (Å²) in [5, 5.41) is 12.1. The minimum Gasteiger partial charge on any atom is -0.493 e. The molecule has 1 unspecified atom stereocenters. The van der Waals surface area contributed by atoms with Gasteiger partial charge in [-0.05, 0) is 37.9 Å². The molecule has 9 nitrogen and oxygen atoms in total. The standard InChI is InChI=1S/C23H25ClN4O5/c1-26(2)6-7-33-22-11-18-14(9-21(22)32-3)8-19(25-18)23(29)27-13-15(12-24)17-5-4-16(28(30)31)10-20(17)27/h4-5,8-11,15,25H,6-7,12-13H2,1-3H3. The summed E-state index contributed by atoms with van der Waals surface area (Å²) in [6.45, 7) is 1.60. The normalized spacial score (nSPS) is 15.2. The molecule has 1 atom stereocenters. The number of hydrogen-bond donors (Lipinski definition) is 1. The van der Waals surface area contributed by atoms with Crippen LogP contribution in [0.2, 0.25) is 0 Å². The zero-order valence-electron chi connectivity index (χ0n) is 18.6. The monoisotopic (exact) mass is 472 g/mol. The largest absolute Gasteiger partial charge is 0.493 e. The van der Waals surface area contributed by atoms with E-state index in [4.69, 9.17) is 21.1 Å². The summed E-state index contributed by atoms with van der Waals surface area (Å²) in [5.74, 6) is 1.09. The first-order valence-electron chi connectivity index (χ1n) is 10.5. The van der Waals surface area contributed by atoms with Gasteiger partial charge in [-0.15, -0.1) is 11.6 Å². The number of carbonyl (C=O) groups is 1. The molecule has 1 aliphatic heterocycles. The van der Waals surface area contributed by atoms with Crippen LogP contribution in [0.5, 0.6) is 11.5 Å². The maximum atomic E-state index is 13.4. The summed E-state index contributed by atoms with van der Waals surface area (Å²) in [6, 6.07) is 9.93. The molecule has 0 radical (unpaired) electrons. The topological polar surface area (TPSA) is 101 Å². The Morgan fingerprint density at radius 2 is 2.06 bits per heavy atom. The number of nitrogens with zero attached hydrogens (tertiary/aromatic N) is 3. The van der Waals surface area contributed by atoms with Crippen molar-refractivity contribution < 1.29 is 19.2 Å². The summed E-state index contributed by atoms with van der Waals surface area (Å²) in [5.41, 5.74) is 2.38. The van der Waals surface area contributed by atoms with Gasteiger partial charge in [0.2, 0.25) is 0 Å². The number of amides is 1. The Kier molecular flexibility index (Phi) is 6.44. The number of nitro benzene ring substituents is 1. The lowest BCUT2D eigenvalue weighted by molar-refractivity contribution is -0.384. The number of halogens is 1. The zero-order chi connectivity index (χ0) is 23.7. The zero-order valence-corrected chi connectivity index (χ0v) is 19.4. The Balaban J connectivity index is 1.66. The molecule has 0 bridgehead atoms. The van der Waals surface area contributed by atoms with E-state index in [1.54, 1.807) is 24.1 Å². The molecule has 0 saturated carbocycles. The van der Waals surface area contributed by atoms with Crippen LogP contribution in [0.25, 0.3) is 10.9 Å². The molecule has 0 fully saturated rings. The number of methoxy groups -OCH3 is 1. The lowest BCUT2D eigenvalue weighted by atomic mass is 10.0. The number of H-pyrrole nitrogens is 1. The highest BCUT2D eigenvalue weighted by Crippen LogP contribution is 2.40. The highest BCUT2D eigenvalue weighted by atomic mass is 35.5. The number of non-ortho nitro benzene ring substituents is 1. The summed E-state index contributed by atoms with van der Waals surface area (Å²) in [4.78, 5) is 30.9. The van der Waals surface area contributed by atoms with Gasteiger partial charge in [0.1, 0.15) is 12.3 Å². The second kappa shape index (κ2) is 9.29. The van der Waals surface area contributed by atoms with Crippen LogP contribution in [-0.2, 0) is 0 Å². The lowest BCUT2D eigenvalue weighted by Crippen LogP contribution is -2.30. The van der Waals surface area contributed by atoms with Gasteiger partial charge in [-0.25, -0.2) is 0 Å². The fourth-order valence-electron chi connectivity index (χ4n) is 3.98. The van der Waals surface area contributed by atoms with Crippen molar-refractivity contribution in [1.29, 1.82) is 0 Å². The molecular formula is C23H25ClN4O5. The van der Waals surface area contributed by atoms with E-state index in [0.29, 0.717) is 41.9 Å². The van der Waals surface area contributed by atoms with Crippen molar-refractivity contribution in [2.45, 2.75) is 5.92 Å².